The first-order valence-corrected chi connectivity index (χ1v) is 8.65. The van der Waals surface area contributed by atoms with E-state index in [9.17, 15) is 0 Å². The van der Waals surface area contributed by atoms with Crippen LogP contribution in [-0.4, -0.2) is 49.7 Å². The summed E-state index contributed by atoms with van der Waals surface area (Å²) in [6.45, 7) is 7.56. The van der Waals surface area contributed by atoms with Gasteiger partial charge in [0.1, 0.15) is 5.75 Å². The van der Waals surface area contributed by atoms with Crippen molar-refractivity contribution >= 4 is 17.0 Å². The minimum Gasteiger partial charge on any atom is -0.495 e. The fourth-order valence-corrected chi connectivity index (χ4v) is 3.70. The molecule has 3 rings (SSSR count). The third-order valence-corrected chi connectivity index (χ3v) is 5.29. The lowest BCUT2D eigenvalue weighted by molar-refractivity contribution is 0.260. The van der Waals surface area contributed by atoms with Crippen molar-refractivity contribution < 1.29 is 4.74 Å². The van der Waals surface area contributed by atoms with Crippen LogP contribution in [0.1, 0.15) is 10.6 Å². The van der Waals surface area contributed by atoms with Gasteiger partial charge in [-0.3, -0.25) is 4.90 Å². The minimum atomic E-state index is 0.969. The molecule has 0 spiro atoms. The van der Waals surface area contributed by atoms with E-state index in [0.29, 0.717) is 0 Å². The fourth-order valence-electron chi connectivity index (χ4n) is 2.93. The largest absolute Gasteiger partial charge is 0.495 e. The van der Waals surface area contributed by atoms with Gasteiger partial charge in [0.25, 0.3) is 0 Å². The molecule has 0 N–H and O–H groups in total. The standard InChI is InChI=1S/C17H23N3OS/c1-14-17(22-13-18-14)7-8-19-9-11-20(12-10-19)15-5-3-4-6-16(15)21-2/h3-6,13H,7-12H2,1-2H3. The molecule has 0 bridgehead atoms. The van der Waals surface area contributed by atoms with Crippen molar-refractivity contribution in [3.63, 3.8) is 0 Å². The quantitative estimate of drug-likeness (QED) is 0.848. The van der Waals surface area contributed by atoms with E-state index in [1.807, 2.05) is 17.6 Å². The number of para-hydroxylation sites is 2. The lowest BCUT2D eigenvalue weighted by atomic mass is 10.2. The third-order valence-electron chi connectivity index (χ3n) is 4.30. The van der Waals surface area contributed by atoms with Gasteiger partial charge in [-0.25, -0.2) is 4.98 Å². The highest BCUT2D eigenvalue weighted by Crippen LogP contribution is 2.28. The van der Waals surface area contributed by atoms with Crippen molar-refractivity contribution in [2.24, 2.45) is 0 Å². The molecule has 1 saturated heterocycles. The summed E-state index contributed by atoms with van der Waals surface area (Å²) in [6.07, 6.45) is 1.12. The van der Waals surface area contributed by atoms with Crippen LogP contribution in [0, 0.1) is 6.92 Å². The SMILES string of the molecule is COc1ccccc1N1CCN(CCc2scnc2C)CC1. The Hall–Kier alpha value is -1.59. The van der Waals surface area contributed by atoms with Gasteiger partial charge in [0, 0.05) is 37.6 Å². The highest BCUT2D eigenvalue weighted by atomic mass is 32.1. The molecule has 1 aliphatic rings. The number of hydrogen-bond acceptors (Lipinski definition) is 5. The number of thiazole rings is 1. The van der Waals surface area contributed by atoms with E-state index in [0.717, 1.165) is 44.9 Å². The number of nitrogens with zero attached hydrogens (tertiary/aromatic N) is 3. The van der Waals surface area contributed by atoms with Crippen LogP contribution in [-0.2, 0) is 6.42 Å². The molecule has 0 radical (unpaired) electrons. The van der Waals surface area contributed by atoms with Crippen LogP contribution in [0.5, 0.6) is 5.75 Å². The van der Waals surface area contributed by atoms with Crippen molar-refractivity contribution in [1.82, 2.24) is 9.88 Å². The molecule has 118 valence electrons. The summed E-state index contributed by atoms with van der Waals surface area (Å²) in [4.78, 5) is 10.7. The van der Waals surface area contributed by atoms with Crippen LogP contribution in [0.25, 0.3) is 0 Å². The summed E-state index contributed by atoms with van der Waals surface area (Å²) in [6, 6.07) is 8.29. The molecule has 1 fully saturated rings. The molecule has 0 atom stereocenters. The van der Waals surface area contributed by atoms with E-state index in [1.54, 1.807) is 18.4 Å². The van der Waals surface area contributed by atoms with Crippen LogP contribution in [0.2, 0.25) is 0 Å². The zero-order valence-electron chi connectivity index (χ0n) is 13.3. The summed E-state index contributed by atoms with van der Waals surface area (Å²) >= 11 is 1.78. The van der Waals surface area contributed by atoms with E-state index >= 15 is 0 Å². The molecule has 0 saturated carbocycles. The van der Waals surface area contributed by atoms with Gasteiger partial charge in [0.2, 0.25) is 0 Å². The lowest BCUT2D eigenvalue weighted by Crippen LogP contribution is -2.47. The normalized spacial score (nSPS) is 16.0. The van der Waals surface area contributed by atoms with Crippen LogP contribution >= 0.6 is 11.3 Å². The zero-order chi connectivity index (χ0) is 15.4. The van der Waals surface area contributed by atoms with Crippen molar-refractivity contribution in [2.75, 3.05) is 44.7 Å². The third kappa shape index (κ3) is 3.42. The summed E-state index contributed by atoms with van der Waals surface area (Å²) in [5.74, 6) is 0.969. The number of rotatable bonds is 5. The number of aryl methyl sites for hydroxylation is 1. The molecule has 5 heteroatoms. The van der Waals surface area contributed by atoms with E-state index in [1.165, 1.54) is 16.3 Å². The van der Waals surface area contributed by atoms with Gasteiger partial charge in [-0.2, -0.15) is 0 Å². The number of piperazine rings is 1. The van der Waals surface area contributed by atoms with E-state index in [-0.39, 0.29) is 0 Å². The highest BCUT2D eigenvalue weighted by molar-refractivity contribution is 7.09. The molecule has 1 aliphatic heterocycles. The number of anilines is 1. The van der Waals surface area contributed by atoms with Gasteiger partial charge in [-0.1, -0.05) is 12.1 Å². The maximum Gasteiger partial charge on any atom is 0.142 e. The average molecular weight is 317 g/mol. The Morgan fingerprint density at radius 1 is 1.18 bits per heavy atom. The Morgan fingerprint density at radius 3 is 2.64 bits per heavy atom. The van der Waals surface area contributed by atoms with Gasteiger partial charge >= 0.3 is 0 Å². The van der Waals surface area contributed by atoms with E-state index in [4.69, 9.17) is 4.74 Å². The number of benzene rings is 1. The molecule has 0 unspecified atom stereocenters. The topological polar surface area (TPSA) is 28.6 Å². The zero-order valence-corrected chi connectivity index (χ0v) is 14.1. The second-order valence-electron chi connectivity index (χ2n) is 5.61. The van der Waals surface area contributed by atoms with Crippen molar-refractivity contribution in [2.45, 2.75) is 13.3 Å². The second kappa shape index (κ2) is 7.11. The van der Waals surface area contributed by atoms with Crippen molar-refractivity contribution in [1.29, 1.82) is 0 Å². The predicted octanol–water partition coefficient (Wildman–Crippen LogP) is 2.82. The Morgan fingerprint density at radius 2 is 1.95 bits per heavy atom. The van der Waals surface area contributed by atoms with E-state index < -0.39 is 0 Å². The van der Waals surface area contributed by atoms with Crippen LogP contribution in [0.15, 0.2) is 29.8 Å². The monoisotopic (exact) mass is 317 g/mol. The first kappa shape index (κ1) is 15.3. The molecule has 22 heavy (non-hydrogen) atoms. The van der Waals surface area contributed by atoms with Gasteiger partial charge in [0.05, 0.1) is 24.0 Å². The fraction of sp³-hybridized carbons (Fsp3) is 0.471. The summed E-state index contributed by atoms with van der Waals surface area (Å²) in [5.41, 5.74) is 4.35. The molecule has 2 heterocycles. The van der Waals surface area contributed by atoms with Crippen molar-refractivity contribution in [3.05, 3.63) is 40.3 Å². The maximum atomic E-state index is 5.47. The Balaban J connectivity index is 1.53. The Bertz CT molecular complexity index is 605. The highest BCUT2D eigenvalue weighted by Gasteiger charge is 2.19. The molecule has 0 amide bonds. The summed E-state index contributed by atoms with van der Waals surface area (Å²) in [7, 11) is 1.74. The second-order valence-corrected chi connectivity index (χ2v) is 6.55. The first-order valence-electron chi connectivity index (χ1n) is 7.77. The van der Waals surface area contributed by atoms with Gasteiger partial charge in [-0.15, -0.1) is 11.3 Å². The molecular formula is C17H23N3OS. The first-order chi connectivity index (χ1) is 10.8. The maximum absolute atomic E-state index is 5.47. The number of methoxy groups -OCH3 is 1. The molecule has 2 aromatic rings. The summed E-state index contributed by atoms with van der Waals surface area (Å²) < 4.78 is 5.47. The smallest absolute Gasteiger partial charge is 0.142 e. The van der Waals surface area contributed by atoms with Gasteiger partial charge in [-0.05, 0) is 25.5 Å². The van der Waals surface area contributed by atoms with Gasteiger partial charge < -0.3 is 9.64 Å². The van der Waals surface area contributed by atoms with Crippen LogP contribution < -0.4 is 9.64 Å². The summed E-state index contributed by atoms with van der Waals surface area (Å²) in [5, 5.41) is 0. The molecule has 1 aromatic heterocycles. The van der Waals surface area contributed by atoms with E-state index in [2.05, 4.69) is 33.8 Å². The van der Waals surface area contributed by atoms with Crippen LogP contribution in [0.3, 0.4) is 0 Å². The van der Waals surface area contributed by atoms with Gasteiger partial charge in [0.15, 0.2) is 0 Å². The molecular weight excluding hydrogens is 294 g/mol. The molecule has 4 nitrogen and oxygen atoms in total. The average Bonchev–Trinajstić information content (AvgIpc) is 2.98. The number of ether oxygens (including phenoxy) is 1. The lowest BCUT2D eigenvalue weighted by Gasteiger charge is -2.36. The molecule has 1 aromatic carbocycles. The Labute approximate surface area is 136 Å². The van der Waals surface area contributed by atoms with Crippen LogP contribution in [0.4, 0.5) is 5.69 Å². The number of hydrogen-bond donors (Lipinski definition) is 0. The minimum absolute atomic E-state index is 0.969. The number of aromatic nitrogens is 1. The molecule has 0 aliphatic carbocycles. The Kier molecular flexibility index (Phi) is 4.95. The predicted molar refractivity (Wildman–Crippen MR) is 92.2 cm³/mol. The van der Waals surface area contributed by atoms with Crippen molar-refractivity contribution in [3.8, 4) is 5.75 Å².